The van der Waals surface area contributed by atoms with E-state index in [2.05, 4.69) is 18.7 Å². The van der Waals surface area contributed by atoms with Gasteiger partial charge < -0.3 is 0 Å². The van der Waals surface area contributed by atoms with Gasteiger partial charge >= 0.3 is 0 Å². The molecule has 0 bridgehead atoms. The molecule has 1 aromatic rings. The van der Waals surface area contributed by atoms with E-state index in [1.165, 1.54) is 6.07 Å². The van der Waals surface area contributed by atoms with Crippen molar-refractivity contribution in [2.45, 2.75) is 20.3 Å². The zero-order valence-electron chi connectivity index (χ0n) is 11.3. The summed E-state index contributed by atoms with van der Waals surface area (Å²) in [5, 5.41) is 0. The second-order valence-corrected chi connectivity index (χ2v) is 5.69. The minimum Gasteiger partial charge on any atom is -0.295 e. The molecule has 19 heavy (non-hydrogen) atoms. The molecule has 4 heteroatoms. The van der Waals surface area contributed by atoms with Crippen molar-refractivity contribution in [1.82, 2.24) is 4.90 Å². The van der Waals surface area contributed by atoms with Crippen molar-refractivity contribution in [3.8, 4) is 0 Å². The summed E-state index contributed by atoms with van der Waals surface area (Å²) in [4.78, 5) is 14.1. The molecule has 1 fully saturated rings. The van der Waals surface area contributed by atoms with Crippen molar-refractivity contribution < 1.29 is 13.6 Å². The van der Waals surface area contributed by atoms with E-state index in [9.17, 15) is 13.6 Å². The SMILES string of the molecule is CC1CC(C)CN(CC(=O)c2ccc(F)cc2F)C1. The fraction of sp³-hybridized carbons (Fsp3) is 0.533. The number of hydrogen-bond donors (Lipinski definition) is 0. The van der Waals surface area contributed by atoms with Crippen LogP contribution in [-0.4, -0.2) is 30.3 Å². The van der Waals surface area contributed by atoms with Crippen LogP contribution in [0.3, 0.4) is 0 Å². The molecule has 0 spiro atoms. The van der Waals surface area contributed by atoms with Crippen molar-refractivity contribution in [3.05, 3.63) is 35.4 Å². The summed E-state index contributed by atoms with van der Waals surface area (Å²) in [6.07, 6.45) is 1.16. The Bertz CT molecular complexity index is 465. The second kappa shape index (κ2) is 5.78. The molecule has 0 saturated carbocycles. The molecule has 0 aliphatic carbocycles. The lowest BCUT2D eigenvalue weighted by molar-refractivity contribution is 0.0845. The maximum Gasteiger partial charge on any atom is 0.179 e. The number of nitrogens with zero attached hydrogens (tertiary/aromatic N) is 1. The Morgan fingerprint density at radius 3 is 2.47 bits per heavy atom. The minimum atomic E-state index is -0.775. The average Bonchev–Trinajstić information content (AvgIpc) is 2.26. The summed E-state index contributed by atoms with van der Waals surface area (Å²) >= 11 is 0. The number of hydrogen-bond acceptors (Lipinski definition) is 2. The van der Waals surface area contributed by atoms with Gasteiger partial charge in [0.05, 0.1) is 12.1 Å². The Labute approximate surface area is 112 Å². The predicted molar refractivity (Wildman–Crippen MR) is 70.1 cm³/mol. The largest absolute Gasteiger partial charge is 0.295 e. The molecule has 1 aliphatic heterocycles. The first kappa shape index (κ1) is 14.1. The van der Waals surface area contributed by atoms with Crippen molar-refractivity contribution >= 4 is 5.78 Å². The number of piperidine rings is 1. The number of rotatable bonds is 3. The quantitative estimate of drug-likeness (QED) is 0.784. The van der Waals surface area contributed by atoms with Crippen LogP contribution in [0.5, 0.6) is 0 Å². The van der Waals surface area contributed by atoms with Crippen molar-refractivity contribution in [1.29, 1.82) is 0 Å². The monoisotopic (exact) mass is 267 g/mol. The maximum atomic E-state index is 13.5. The summed E-state index contributed by atoms with van der Waals surface area (Å²) in [5.41, 5.74) is -0.0210. The first-order valence-electron chi connectivity index (χ1n) is 6.66. The predicted octanol–water partition coefficient (Wildman–Crippen LogP) is 3.13. The molecule has 1 aromatic carbocycles. The summed E-state index contributed by atoms with van der Waals surface area (Å²) in [5.74, 6) is -0.611. The van der Waals surface area contributed by atoms with E-state index >= 15 is 0 Å². The zero-order valence-corrected chi connectivity index (χ0v) is 11.3. The molecule has 0 aromatic heterocycles. The van der Waals surface area contributed by atoms with E-state index in [1.54, 1.807) is 0 Å². The lowest BCUT2D eigenvalue weighted by Gasteiger charge is -2.34. The zero-order chi connectivity index (χ0) is 14.0. The van der Waals surface area contributed by atoms with Crippen molar-refractivity contribution in [2.24, 2.45) is 11.8 Å². The highest BCUT2D eigenvalue weighted by atomic mass is 19.1. The molecule has 2 rings (SSSR count). The van der Waals surface area contributed by atoms with Gasteiger partial charge in [-0.1, -0.05) is 13.8 Å². The van der Waals surface area contributed by atoms with Gasteiger partial charge in [-0.3, -0.25) is 9.69 Å². The van der Waals surface area contributed by atoms with Gasteiger partial charge in [0.1, 0.15) is 11.6 Å². The van der Waals surface area contributed by atoms with Gasteiger partial charge in [-0.25, -0.2) is 8.78 Å². The third-order valence-corrected chi connectivity index (χ3v) is 3.54. The Balaban J connectivity index is 2.04. The van der Waals surface area contributed by atoms with Gasteiger partial charge in [-0.2, -0.15) is 0 Å². The molecule has 1 saturated heterocycles. The van der Waals surface area contributed by atoms with E-state index < -0.39 is 11.6 Å². The molecule has 0 N–H and O–H groups in total. The van der Waals surface area contributed by atoms with Crippen LogP contribution < -0.4 is 0 Å². The van der Waals surface area contributed by atoms with Crippen LogP contribution in [0, 0.1) is 23.5 Å². The molecule has 104 valence electrons. The third-order valence-electron chi connectivity index (χ3n) is 3.54. The van der Waals surface area contributed by atoms with Crippen LogP contribution in [0.4, 0.5) is 8.78 Å². The molecule has 1 heterocycles. The lowest BCUT2D eigenvalue weighted by Crippen LogP contribution is -2.41. The molecule has 0 amide bonds. The second-order valence-electron chi connectivity index (χ2n) is 5.69. The normalized spacial score (nSPS) is 24.4. The summed E-state index contributed by atoms with van der Waals surface area (Å²) < 4.78 is 26.3. The van der Waals surface area contributed by atoms with Crippen LogP contribution in [0.2, 0.25) is 0 Å². The number of likely N-dealkylation sites (tertiary alicyclic amines) is 1. The van der Waals surface area contributed by atoms with Crippen LogP contribution in [-0.2, 0) is 0 Å². The summed E-state index contributed by atoms with van der Waals surface area (Å²) in [6, 6.07) is 3.11. The van der Waals surface area contributed by atoms with Gasteiger partial charge in [0.2, 0.25) is 0 Å². The first-order chi connectivity index (χ1) is 8.95. The van der Waals surface area contributed by atoms with Gasteiger partial charge in [-0.15, -0.1) is 0 Å². The first-order valence-corrected chi connectivity index (χ1v) is 6.66. The van der Waals surface area contributed by atoms with E-state index in [4.69, 9.17) is 0 Å². The summed E-state index contributed by atoms with van der Waals surface area (Å²) in [6.45, 7) is 6.24. The topological polar surface area (TPSA) is 20.3 Å². The maximum absolute atomic E-state index is 13.5. The van der Waals surface area contributed by atoms with Crippen molar-refractivity contribution in [2.75, 3.05) is 19.6 Å². The molecular weight excluding hydrogens is 248 g/mol. The standard InChI is InChI=1S/C15H19F2NO/c1-10-5-11(2)8-18(7-10)9-15(19)13-4-3-12(16)6-14(13)17/h3-4,6,10-11H,5,7-9H2,1-2H3. The third kappa shape index (κ3) is 3.60. The van der Waals surface area contributed by atoms with Crippen LogP contribution in [0.15, 0.2) is 18.2 Å². The summed E-state index contributed by atoms with van der Waals surface area (Å²) in [7, 11) is 0. The van der Waals surface area contributed by atoms with Crippen LogP contribution >= 0.6 is 0 Å². The van der Waals surface area contributed by atoms with Gasteiger partial charge in [0.25, 0.3) is 0 Å². The van der Waals surface area contributed by atoms with Gasteiger partial charge in [0.15, 0.2) is 5.78 Å². The van der Waals surface area contributed by atoms with Gasteiger partial charge in [0, 0.05) is 19.2 Å². The fourth-order valence-corrected chi connectivity index (χ4v) is 2.93. The average molecular weight is 267 g/mol. The number of carbonyl (C=O) groups is 1. The molecule has 0 radical (unpaired) electrons. The Morgan fingerprint density at radius 2 is 1.89 bits per heavy atom. The highest BCUT2D eigenvalue weighted by Gasteiger charge is 2.24. The Kier molecular flexibility index (Phi) is 4.30. The number of halogens is 2. The Morgan fingerprint density at radius 1 is 1.26 bits per heavy atom. The molecule has 2 atom stereocenters. The number of Topliss-reactive ketones (excluding diaryl/α,β-unsaturated/α-hetero) is 1. The highest BCUT2D eigenvalue weighted by Crippen LogP contribution is 2.21. The minimum absolute atomic E-state index is 0.0210. The molecule has 1 aliphatic rings. The number of carbonyl (C=O) groups excluding carboxylic acids is 1. The molecular formula is C15H19F2NO. The van der Waals surface area contributed by atoms with Gasteiger partial charge in [-0.05, 0) is 30.4 Å². The van der Waals surface area contributed by atoms with E-state index in [-0.39, 0.29) is 17.9 Å². The van der Waals surface area contributed by atoms with Crippen LogP contribution in [0.1, 0.15) is 30.6 Å². The fourth-order valence-electron chi connectivity index (χ4n) is 2.93. The number of ketones is 1. The highest BCUT2D eigenvalue weighted by molar-refractivity contribution is 5.97. The lowest BCUT2D eigenvalue weighted by atomic mass is 9.91. The molecule has 2 unspecified atom stereocenters. The smallest absolute Gasteiger partial charge is 0.179 e. The number of benzene rings is 1. The Hall–Kier alpha value is -1.29. The van der Waals surface area contributed by atoms with E-state index in [1.807, 2.05) is 0 Å². The molecule has 2 nitrogen and oxygen atoms in total. The van der Waals surface area contributed by atoms with E-state index in [0.717, 1.165) is 31.6 Å². The van der Waals surface area contributed by atoms with Crippen molar-refractivity contribution in [3.63, 3.8) is 0 Å². The van der Waals surface area contributed by atoms with Crippen LogP contribution in [0.25, 0.3) is 0 Å². The van der Waals surface area contributed by atoms with E-state index in [0.29, 0.717) is 11.8 Å².